The average Bonchev–Trinajstić information content (AvgIpc) is 0.851. The highest BCUT2D eigenvalue weighted by atomic mass is 35.5. The quantitative estimate of drug-likeness (QED) is 0.167. The van der Waals surface area contributed by atoms with Crippen molar-refractivity contribution in [3.8, 4) is 23.3 Å². The van der Waals surface area contributed by atoms with Gasteiger partial charge in [-0.25, -0.2) is 33.1 Å². The molecule has 10 rings (SSSR count). The Hall–Kier alpha value is -8.75. The summed E-state index contributed by atoms with van der Waals surface area (Å²) in [6, 6.07) is 40.6. The van der Waals surface area contributed by atoms with Gasteiger partial charge in [-0.3, -0.25) is 24.9 Å². The van der Waals surface area contributed by atoms with Crippen LogP contribution in [-0.2, 0) is 43.3 Å². The first-order chi connectivity index (χ1) is 45.8. The van der Waals surface area contributed by atoms with Gasteiger partial charge in [0.25, 0.3) is 0 Å². The number of ether oxygens (including phenoxy) is 2. The number of benzene rings is 2. The number of pyridine rings is 7. The van der Waals surface area contributed by atoms with Crippen LogP contribution in [0.25, 0.3) is 0 Å². The van der Waals surface area contributed by atoms with Crippen molar-refractivity contribution in [3.63, 3.8) is 0 Å². The maximum absolute atomic E-state index is 13.6. The molecule has 0 aliphatic carbocycles. The van der Waals surface area contributed by atoms with Crippen molar-refractivity contribution < 1.29 is 22.6 Å². The topological polar surface area (TPSA) is 134 Å². The zero-order chi connectivity index (χ0) is 74.6. The summed E-state index contributed by atoms with van der Waals surface area (Å²) in [7, 11) is 0. The maximum atomic E-state index is 13.6. The lowest BCUT2D eigenvalue weighted by atomic mass is 9.88. The fourth-order valence-electron chi connectivity index (χ4n) is 8.60. The van der Waals surface area contributed by atoms with E-state index >= 15 is 0 Å². The molecule has 0 bridgehead atoms. The predicted molar refractivity (Wildman–Crippen MR) is 404 cm³/mol. The Kier molecular flexibility index (Phi) is 32.4. The maximum Gasteiger partial charge on any atom is 0.223 e. The molecule has 0 amide bonds. The molecule has 0 N–H and O–H groups in total. The molecular formula is C84H109ClF3N9O2. The minimum atomic E-state index is -0.745. The van der Waals surface area contributed by atoms with Crippen molar-refractivity contribution in [1.29, 1.82) is 0 Å². The van der Waals surface area contributed by atoms with E-state index in [1.165, 1.54) is 40.6 Å². The second-order valence-corrected chi connectivity index (χ2v) is 32.2. The number of aromatic nitrogens is 9. The standard InChI is InChI=1S/C15H15F2NO.C15H16FNO.C10H15N.C9H12ClN.3C9H13N.C8H12N2/c1-15(2,3)11-5-4-8-18-14(11)19-13-7-6-10(16)9-12(13)17;1-15(2,3)13-5-4-10-17-14(13)18-12-8-6-11(16)7-9-12;1-8-6-5-7-11-9(8)10(2,3)4;1-9(2,3)8-5-4-7(10)6-11-8;1-9(2,3)8-4-6-10-7-5-8;1-9(2,3)8-5-4-6-10-7-8;1-9(2,3)8-6-4-5-7-10-8;1-8(2,3)7-9-5-4-6-10-7/h4-9H,1-3H3;4-10H,1-3H3;5-7H,1-4H3;4-6H,1-3H3;3*4-7H,1-3H3;4-6H,1-3H3. The second-order valence-electron chi connectivity index (χ2n) is 31.7. The van der Waals surface area contributed by atoms with E-state index in [-0.39, 0.29) is 54.9 Å². The SMILES string of the molecule is CC(C)(C)c1ccc(Cl)cn1.CC(C)(C)c1ccccn1.CC(C)(C)c1cccnc1.CC(C)(C)c1cccnc1Oc1ccc(F)cc1.CC(C)(C)c1cccnc1Oc1ccc(F)cc1F.CC(C)(C)c1ccncc1.CC(C)(C)c1ncccn1.Cc1cccnc1C(C)(C)C. The third-order valence-corrected chi connectivity index (χ3v) is 14.5. The third-order valence-electron chi connectivity index (χ3n) is 14.2. The molecule has 0 spiro atoms. The van der Waals surface area contributed by atoms with E-state index in [4.69, 9.17) is 21.1 Å². The Morgan fingerprint density at radius 3 is 1.20 bits per heavy atom. The van der Waals surface area contributed by atoms with Crippen LogP contribution in [0.4, 0.5) is 13.2 Å². The van der Waals surface area contributed by atoms with Crippen LogP contribution >= 0.6 is 11.6 Å². The monoisotopic (exact) mass is 1370 g/mol. The van der Waals surface area contributed by atoms with Gasteiger partial charge in [-0.1, -0.05) is 208 Å². The summed E-state index contributed by atoms with van der Waals surface area (Å²) < 4.78 is 50.4. The number of halogens is 4. The summed E-state index contributed by atoms with van der Waals surface area (Å²) >= 11 is 5.70. The van der Waals surface area contributed by atoms with Crippen LogP contribution in [0, 0.1) is 24.4 Å². The molecule has 11 nitrogen and oxygen atoms in total. The van der Waals surface area contributed by atoms with Gasteiger partial charge in [-0.05, 0) is 148 Å². The highest BCUT2D eigenvalue weighted by Crippen LogP contribution is 2.35. The van der Waals surface area contributed by atoms with Crippen molar-refractivity contribution in [2.24, 2.45) is 0 Å². The van der Waals surface area contributed by atoms with Gasteiger partial charge in [0, 0.05) is 124 Å². The van der Waals surface area contributed by atoms with E-state index < -0.39 is 11.6 Å². The van der Waals surface area contributed by atoms with Gasteiger partial charge in [0.1, 0.15) is 23.2 Å². The predicted octanol–water partition coefficient (Wildman–Crippen LogP) is 23.4. The summed E-state index contributed by atoms with van der Waals surface area (Å²) in [5, 5.41) is 0.693. The Balaban J connectivity index is 0.000000299. The number of nitrogens with zero attached hydrogens (tertiary/aromatic N) is 9. The highest BCUT2D eigenvalue weighted by Gasteiger charge is 2.23. The van der Waals surface area contributed by atoms with Crippen molar-refractivity contribution in [1.82, 2.24) is 44.9 Å². The Morgan fingerprint density at radius 1 is 0.333 bits per heavy atom. The van der Waals surface area contributed by atoms with E-state index in [1.54, 1.807) is 55.4 Å². The molecule has 10 aromatic rings. The molecule has 0 saturated carbocycles. The van der Waals surface area contributed by atoms with Gasteiger partial charge in [-0.2, -0.15) is 0 Å². The van der Waals surface area contributed by atoms with Gasteiger partial charge >= 0.3 is 0 Å². The molecule has 8 aromatic heterocycles. The lowest BCUT2D eigenvalue weighted by Crippen LogP contribution is -2.14. The van der Waals surface area contributed by atoms with Crippen molar-refractivity contribution in [2.45, 2.75) is 216 Å². The highest BCUT2D eigenvalue weighted by molar-refractivity contribution is 6.30. The number of rotatable bonds is 4. The molecule has 0 unspecified atom stereocenters. The van der Waals surface area contributed by atoms with Crippen LogP contribution in [-0.4, -0.2) is 44.9 Å². The van der Waals surface area contributed by atoms with Crippen molar-refractivity contribution in [3.05, 3.63) is 281 Å². The molecular weight excluding hydrogens is 1260 g/mol. The molecule has 0 aliphatic rings. The Labute approximate surface area is 596 Å². The third kappa shape index (κ3) is 32.2. The molecule has 0 aliphatic heterocycles. The van der Waals surface area contributed by atoms with Gasteiger partial charge in [-0.15, -0.1) is 0 Å². The summed E-state index contributed by atoms with van der Waals surface area (Å²) in [5.41, 5.74) is 9.99. The Morgan fingerprint density at radius 2 is 0.818 bits per heavy atom. The first-order valence-electron chi connectivity index (χ1n) is 33.3. The van der Waals surface area contributed by atoms with Crippen molar-refractivity contribution >= 4 is 11.6 Å². The van der Waals surface area contributed by atoms with E-state index in [0.717, 1.165) is 40.5 Å². The van der Waals surface area contributed by atoms with Crippen molar-refractivity contribution in [2.75, 3.05) is 0 Å². The van der Waals surface area contributed by atoms with Crippen LogP contribution in [0.3, 0.4) is 0 Å². The van der Waals surface area contributed by atoms with Crippen LogP contribution in [0.15, 0.2) is 208 Å². The zero-order valence-corrected chi connectivity index (χ0v) is 64.2. The summed E-state index contributed by atoms with van der Waals surface area (Å²) in [4.78, 5) is 37.5. The lowest BCUT2D eigenvalue weighted by molar-refractivity contribution is 0.407. The Bertz CT molecular complexity index is 3710. The fourth-order valence-corrected chi connectivity index (χ4v) is 8.72. The van der Waals surface area contributed by atoms with Gasteiger partial charge in [0.15, 0.2) is 11.6 Å². The van der Waals surface area contributed by atoms with Gasteiger partial charge < -0.3 is 9.47 Å². The molecule has 99 heavy (non-hydrogen) atoms. The van der Waals surface area contributed by atoms with E-state index in [9.17, 15) is 13.2 Å². The number of hydrogen-bond acceptors (Lipinski definition) is 11. The first kappa shape index (κ1) is 84.5. The van der Waals surface area contributed by atoms with E-state index in [2.05, 4.69) is 228 Å². The minimum absolute atomic E-state index is 0.0365. The van der Waals surface area contributed by atoms with Crippen LogP contribution in [0.1, 0.15) is 217 Å². The van der Waals surface area contributed by atoms with Crippen LogP contribution in [0.2, 0.25) is 5.02 Å². The van der Waals surface area contributed by atoms with E-state index in [1.807, 2.05) is 112 Å². The van der Waals surface area contributed by atoms with Gasteiger partial charge in [0.2, 0.25) is 11.8 Å². The van der Waals surface area contributed by atoms with Gasteiger partial charge in [0.05, 0.1) is 5.02 Å². The molecule has 530 valence electrons. The smallest absolute Gasteiger partial charge is 0.223 e. The lowest BCUT2D eigenvalue weighted by Gasteiger charge is -2.21. The fraction of sp³-hybridized carbons (Fsp3) is 0.393. The molecule has 0 saturated heterocycles. The molecule has 0 atom stereocenters. The molecule has 0 radical (unpaired) electrons. The summed E-state index contributed by atoms with van der Waals surface area (Å²) in [5.74, 6) is 0.685. The summed E-state index contributed by atoms with van der Waals surface area (Å²) in [6.45, 7) is 53.3. The second kappa shape index (κ2) is 38.0. The van der Waals surface area contributed by atoms with E-state index in [0.29, 0.717) is 22.5 Å². The first-order valence-corrected chi connectivity index (χ1v) is 33.7. The van der Waals surface area contributed by atoms with Crippen LogP contribution in [0.5, 0.6) is 23.3 Å². The number of hydrogen-bond donors (Lipinski definition) is 0. The van der Waals surface area contributed by atoms with Crippen LogP contribution < -0.4 is 9.47 Å². The zero-order valence-electron chi connectivity index (χ0n) is 63.5. The normalized spacial score (nSPS) is 11.5. The molecule has 0 fully saturated rings. The molecule has 8 heterocycles. The minimum Gasteiger partial charge on any atom is -0.439 e. The average molecular weight is 1370 g/mol. The molecule has 2 aromatic carbocycles. The number of aryl methyl sites for hydroxylation is 1. The summed E-state index contributed by atoms with van der Waals surface area (Å²) in [6.07, 6.45) is 19.6. The molecule has 15 heteroatoms. The largest absolute Gasteiger partial charge is 0.439 e.